The van der Waals surface area contributed by atoms with Crippen LogP contribution in [0, 0.1) is 23.1 Å². The number of hydrogen-bond acceptors (Lipinski definition) is 4. The summed E-state index contributed by atoms with van der Waals surface area (Å²) in [5, 5.41) is 13.1. The summed E-state index contributed by atoms with van der Waals surface area (Å²) in [4.78, 5) is 12.9. The van der Waals surface area contributed by atoms with Crippen LogP contribution in [0.4, 0.5) is 4.39 Å². The van der Waals surface area contributed by atoms with Gasteiger partial charge in [-0.05, 0) is 82.9 Å². The fraction of sp³-hybridized carbons (Fsp3) is 0.417. The van der Waals surface area contributed by atoms with Crippen LogP contribution in [0.15, 0.2) is 36.4 Å². The van der Waals surface area contributed by atoms with Crippen LogP contribution in [0.1, 0.15) is 62.9 Å². The highest BCUT2D eigenvalue weighted by Gasteiger charge is 2.38. The summed E-state index contributed by atoms with van der Waals surface area (Å²) in [6.07, 6.45) is 2.32. The van der Waals surface area contributed by atoms with Crippen LogP contribution in [-0.2, 0) is 0 Å². The van der Waals surface area contributed by atoms with Gasteiger partial charge in [-0.15, -0.1) is 0 Å². The first-order chi connectivity index (χ1) is 14.0. The van der Waals surface area contributed by atoms with E-state index < -0.39 is 5.82 Å². The molecule has 6 heteroatoms. The molecule has 1 aliphatic heterocycles. The molecule has 0 spiro atoms. The van der Waals surface area contributed by atoms with Crippen LogP contribution in [0.3, 0.4) is 0 Å². The maximum atomic E-state index is 13.3. The van der Waals surface area contributed by atoms with Gasteiger partial charge in [-0.3, -0.25) is 4.79 Å². The molecule has 1 saturated heterocycles. The fourth-order valence-electron chi connectivity index (χ4n) is 4.61. The van der Waals surface area contributed by atoms with Crippen LogP contribution in [0.5, 0.6) is 11.5 Å². The quantitative estimate of drug-likeness (QED) is 0.570. The van der Waals surface area contributed by atoms with Crippen molar-refractivity contribution in [3.8, 4) is 17.6 Å². The summed E-state index contributed by atoms with van der Waals surface area (Å²) in [7, 11) is 0. The molecule has 0 aromatic heterocycles. The van der Waals surface area contributed by atoms with Gasteiger partial charge >= 0.3 is 0 Å². The van der Waals surface area contributed by atoms with Crippen LogP contribution in [0.2, 0.25) is 5.02 Å². The average Bonchev–Trinajstić information content (AvgIpc) is 2.61. The van der Waals surface area contributed by atoms with E-state index in [2.05, 4.69) is 33.0 Å². The van der Waals surface area contributed by atoms with Crippen molar-refractivity contribution < 1.29 is 13.9 Å². The third kappa shape index (κ3) is 5.38. The number of ether oxygens (including phenoxy) is 1. The summed E-state index contributed by atoms with van der Waals surface area (Å²) >= 11 is 6.34. The summed E-state index contributed by atoms with van der Waals surface area (Å²) in [6, 6.07) is 10.5. The molecular formula is C24H26ClFN2O2. The normalized spacial score (nSPS) is 17.9. The highest BCUT2D eigenvalue weighted by atomic mass is 35.5. The van der Waals surface area contributed by atoms with Crippen molar-refractivity contribution in [3.63, 3.8) is 0 Å². The molecule has 1 aliphatic rings. The number of piperidine rings is 1. The number of nitrogens with zero attached hydrogens (tertiary/aromatic N) is 1. The summed E-state index contributed by atoms with van der Waals surface area (Å²) in [6.45, 7) is 8.66. The lowest BCUT2D eigenvalue weighted by Gasteiger charge is -2.46. The molecule has 0 bridgehead atoms. The van der Waals surface area contributed by atoms with Crippen LogP contribution >= 0.6 is 11.6 Å². The predicted molar refractivity (Wildman–Crippen MR) is 116 cm³/mol. The van der Waals surface area contributed by atoms with E-state index >= 15 is 0 Å². The van der Waals surface area contributed by atoms with Crippen molar-refractivity contribution in [2.75, 3.05) is 0 Å². The highest BCUT2D eigenvalue weighted by Crippen LogP contribution is 2.36. The number of ketones is 1. The van der Waals surface area contributed by atoms with Crippen LogP contribution in [0.25, 0.3) is 0 Å². The minimum Gasteiger partial charge on any atom is -0.454 e. The van der Waals surface area contributed by atoms with Gasteiger partial charge in [0.2, 0.25) is 0 Å². The largest absolute Gasteiger partial charge is 0.454 e. The van der Waals surface area contributed by atoms with Crippen molar-refractivity contribution in [2.24, 2.45) is 5.92 Å². The fourth-order valence-corrected chi connectivity index (χ4v) is 4.83. The molecule has 0 aliphatic carbocycles. The van der Waals surface area contributed by atoms with Crippen molar-refractivity contribution >= 4 is 17.4 Å². The SMILES string of the molecule is CC1(C)CC(CC(=O)c2ccc(Oc3ccc(F)cc3C#N)c(Cl)c2)CC(C)(C)N1. The van der Waals surface area contributed by atoms with Crippen molar-refractivity contribution in [1.82, 2.24) is 5.32 Å². The predicted octanol–water partition coefficient (Wildman–Crippen LogP) is 6.27. The molecule has 0 amide bonds. The summed E-state index contributed by atoms with van der Waals surface area (Å²) < 4.78 is 19.0. The smallest absolute Gasteiger partial charge is 0.163 e. The first-order valence-corrected chi connectivity index (χ1v) is 10.4. The molecule has 1 fully saturated rings. The molecule has 3 rings (SSSR count). The van der Waals surface area contributed by atoms with Gasteiger partial charge < -0.3 is 10.1 Å². The highest BCUT2D eigenvalue weighted by molar-refractivity contribution is 6.32. The first kappa shape index (κ1) is 22.3. The second kappa shape index (κ2) is 8.37. The number of nitriles is 1. The Balaban J connectivity index is 1.74. The van der Waals surface area contributed by atoms with E-state index in [0.29, 0.717) is 17.7 Å². The Bertz CT molecular complexity index is 995. The van der Waals surface area contributed by atoms with E-state index in [1.807, 2.05) is 6.07 Å². The van der Waals surface area contributed by atoms with Gasteiger partial charge in [-0.2, -0.15) is 5.26 Å². The standard InChI is InChI=1S/C24H26ClFN2O2/c1-23(2)12-15(13-24(3,4)28-23)9-20(29)16-5-7-22(19(25)11-16)30-21-8-6-18(26)10-17(21)14-27/h5-8,10-11,15,28H,9,12-13H2,1-4H3. The zero-order chi connectivity index (χ0) is 22.1. The summed E-state index contributed by atoms with van der Waals surface area (Å²) in [5.74, 6) is 0.326. The molecule has 0 radical (unpaired) electrons. The van der Waals surface area contributed by atoms with Crippen LogP contribution in [-0.4, -0.2) is 16.9 Å². The molecule has 30 heavy (non-hydrogen) atoms. The van der Waals surface area contributed by atoms with Crippen molar-refractivity contribution in [1.29, 1.82) is 5.26 Å². The van der Waals surface area contributed by atoms with Gasteiger partial charge in [0.15, 0.2) is 5.78 Å². The second-order valence-electron chi connectivity index (χ2n) is 9.29. The molecule has 0 saturated carbocycles. The van der Waals surface area contributed by atoms with Crippen LogP contribution < -0.4 is 10.1 Å². The lowest BCUT2D eigenvalue weighted by molar-refractivity contribution is 0.0864. The van der Waals surface area contributed by atoms with Gasteiger partial charge in [0.1, 0.15) is 23.4 Å². The molecular weight excluding hydrogens is 403 g/mol. The Morgan fingerprint density at radius 3 is 2.40 bits per heavy atom. The van der Waals surface area contributed by atoms with Gasteiger partial charge in [0, 0.05) is 23.1 Å². The maximum absolute atomic E-state index is 13.3. The van der Waals surface area contributed by atoms with E-state index in [9.17, 15) is 9.18 Å². The van der Waals surface area contributed by atoms with E-state index in [4.69, 9.17) is 21.6 Å². The maximum Gasteiger partial charge on any atom is 0.163 e. The third-order valence-electron chi connectivity index (χ3n) is 5.28. The second-order valence-corrected chi connectivity index (χ2v) is 9.70. The van der Waals surface area contributed by atoms with Gasteiger partial charge in [0.25, 0.3) is 0 Å². The van der Waals surface area contributed by atoms with Crippen molar-refractivity contribution in [2.45, 2.75) is 58.0 Å². The number of rotatable bonds is 5. The topological polar surface area (TPSA) is 62.1 Å². The zero-order valence-corrected chi connectivity index (χ0v) is 18.4. The Hall–Kier alpha value is -2.42. The van der Waals surface area contributed by atoms with Crippen molar-refractivity contribution in [3.05, 3.63) is 58.4 Å². The van der Waals surface area contributed by atoms with Gasteiger partial charge in [0.05, 0.1) is 10.6 Å². The van der Waals surface area contributed by atoms with Gasteiger partial charge in [-0.25, -0.2) is 4.39 Å². The molecule has 2 aromatic carbocycles. The number of benzene rings is 2. The lowest BCUT2D eigenvalue weighted by Crippen LogP contribution is -2.57. The Kier molecular flexibility index (Phi) is 6.21. The van der Waals surface area contributed by atoms with E-state index in [-0.39, 0.29) is 39.1 Å². The minimum atomic E-state index is -0.518. The number of halogens is 2. The molecule has 0 unspecified atom stereocenters. The monoisotopic (exact) mass is 428 g/mol. The Morgan fingerprint density at radius 1 is 1.17 bits per heavy atom. The molecule has 158 valence electrons. The minimum absolute atomic E-state index is 0.0182. The average molecular weight is 429 g/mol. The molecule has 0 atom stereocenters. The van der Waals surface area contributed by atoms with E-state index in [1.165, 1.54) is 12.1 Å². The lowest BCUT2D eigenvalue weighted by atomic mass is 9.74. The number of hydrogen-bond donors (Lipinski definition) is 1. The van der Waals surface area contributed by atoms with E-state index in [1.54, 1.807) is 18.2 Å². The number of nitrogens with one attached hydrogen (secondary N) is 1. The number of carbonyl (C=O) groups excluding carboxylic acids is 1. The zero-order valence-electron chi connectivity index (χ0n) is 17.7. The first-order valence-electron chi connectivity index (χ1n) is 9.98. The Labute approximate surface area is 182 Å². The van der Waals surface area contributed by atoms with E-state index in [0.717, 1.165) is 18.9 Å². The number of carbonyl (C=O) groups is 1. The molecule has 2 aromatic rings. The Morgan fingerprint density at radius 2 is 1.80 bits per heavy atom. The molecule has 1 N–H and O–H groups in total. The number of Topliss-reactive ketones (excluding diaryl/α,β-unsaturated/α-hetero) is 1. The summed E-state index contributed by atoms with van der Waals surface area (Å²) in [5.41, 5.74) is 0.564. The van der Waals surface area contributed by atoms with Gasteiger partial charge in [-0.1, -0.05) is 11.6 Å². The molecule has 4 nitrogen and oxygen atoms in total. The third-order valence-corrected chi connectivity index (χ3v) is 5.58. The molecule has 1 heterocycles.